The summed E-state index contributed by atoms with van der Waals surface area (Å²) in [5.41, 5.74) is 0.758. The van der Waals surface area contributed by atoms with Gasteiger partial charge in [0.2, 0.25) is 11.8 Å². The summed E-state index contributed by atoms with van der Waals surface area (Å²) in [6.07, 6.45) is 7.46. The van der Waals surface area contributed by atoms with E-state index in [-0.39, 0.29) is 41.5 Å². The molecular formula is C29H49NO7. The minimum absolute atomic E-state index is 0.0117. The number of aliphatic hydroxyl groups excluding tert-OH is 2. The van der Waals surface area contributed by atoms with Crippen molar-refractivity contribution in [3.8, 4) is 0 Å². The number of esters is 1. The summed E-state index contributed by atoms with van der Waals surface area (Å²) >= 11 is 0. The lowest BCUT2D eigenvalue weighted by molar-refractivity contribution is -0.155. The highest BCUT2D eigenvalue weighted by atomic mass is 16.5. The third-order valence-corrected chi connectivity index (χ3v) is 7.04. The fraction of sp³-hybridized carbons (Fsp3) is 0.759. The van der Waals surface area contributed by atoms with Gasteiger partial charge in [0.1, 0.15) is 12.2 Å². The lowest BCUT2D eigenvalue weighted by Gasteiger charge is -2.31. The van der Waals surface area contributed by atoms with Gasteiger partial charge in [-0.25, -0.2) is 0 Å². The fourth-order valence-corrected chi connectivity index (χ4v) is 4.65. The monoisotopic (exact) mass is 523 g/mol. The molecule has 1 saturated heterocycles. The smallest absolute Gasteiger partial charge is 0.308 e. The first-order chi connectivity index (χ1) is 17.4. The number of hydrogen-bond donors (Lipinski definition) is 3. The van der Waals surface area contributed by atoms with Gasteiger partial charge in [0.05, 0.1) is 18.1 Å². The van der Waals surface area contributed by atoms with Crippen molar-refractivity contribution in [2.75, 3.05) is 7.11 Å². The second-order valence-corrected chi connectivity index (χ2v) is 10.8. The number of methoxy groups -OCH3 is 1. The van der Waals surface area contributed by atoms with E-state index < -0.39 is 24.4 Å². The Kier molecular flexibility index (Phi) is 14.9. The number of imide groups is 1. The molecule has 37 heavy (non-hydrogen) atoms. The highest BCUT2D eigenvalue weighted by Gasteiger charge is 2.31. The summed E-state index contributed by atoms with van der Waals surface area (Å²) in [4.78, 5) is 35.7. The Labute approximate surface area is 222 Å². The fourth-order valence-electron chi connectivity index (χ4n) is 4.65. The van der Waals surface area contributed by atoms with Crippen molar-refractivity contribution in [2.24, 2.45) is 23.7 Å². The van der Waals surface area contributed by atoms with Crippen LogP contribution in [0.3, 0.4) is 0 Å². The van der Waals surface area contributed by atoms with Crippen LogP contribution in [0.15, 0.2) is 23.8 Å². The van der Waals surface area contributed by atoms with Crippen LogP contribution in [-0.2, 0) is 23.9 Å². The van der Waals surface area contributed by atoms with Gasteiger partial charge in [-0.3, -0.25) is 19.7 Å². The molecule has 0 aromatic carbocycles. The molecule has 0 radical (unpaired) electrons. The van der Waals surface area contributed by atoms with Crippen LogP contribution in [-0.4, -0.2) is 59.5 Å². The molecule has 0 aliphatic carbocycles. The standard InChI is InChI=1S/C29H49NO7/c1-8-9-10-14-24(36-7)27(34)19(4)15-20(5)28(37-29(35)18(2)3)21(6)23(31)13-11-12-22-16-25(32)30-26(33)17-22/h10,14-15,18-19,21-24,27-28,31,34H,8-9,11-13,16-17H2,1-7H3,(H,30,32,33)/b14-10+,20-15-/t19?,21?,23?,24?,27-,28-/m0/s1. The van der Waals surface area contributed by atoms with Crippen LogP contribution < -0.4 is 5.32 Å². The Hall–Kier alpha value is -2.03. The van der Waals surface area contributed by atoms with E-state index in [1.165, 1.54) is 0 Å². The zero-order chi connectivity index (χ0) is 28.1. The molecule has 0 spiro atoms. The molecule has 4 unspecified atom stereocenters. The van der Waals surface area contributed by atoms with E-state index in [4.69, 9.17) is 9.47 Å². The average molecular weight is 524 g/mol. The van der Waals surface area contributed by atoms with Crippen molar-refractivity contribution in [2.45, 2.75) is 111 Å². The van der Waals surface area contributed by atoms with Gasteiger partial charge in [0.25, 0.3) is 0 Å². The maximum atomic E-state index is 12.5. The van der Waals surface area contributed by atoms with E-state index in [0.717, 1.165) is 18.4 Å². The molecule has 8 heteroatoms. The van der Waals surface area contributed by atoms with Crippen molar-refractivity contribution in [3.63, 3.8) is 0 Å². The maximum Gasteiger partial charge on any atom is 0.308 e. The molecule has 1 aliphatic heterocycles. The van der Waals surface area contributed by atoms with Crippen molar-refractivity contribution in [1.29, 1.82) is 0 Å². The van der Waals surface area contributed by atoms with Crippen LogP contribution in [0.1, 0.15) is 86.5 Å². The highest BCUT2D eigenvalue weighted by Crippen LogP contribution is 2.28. The van der Waals surface area contributed by atoms with Gasteiger partial charge >= 0.3 is 5.97 Å². The van der Waals surface area contributed by atoms with Gasteiger partial charge in [-0.1, -0.05) is 65.7 Å². The van der Waals surface area contributed by atoms with Gasteiger partial charge in [-0.05, 0) is 37.7 Å². The number of piperidine rings is 1. The van der Waals surface area contributed by atoms with E-state index >= 15 is 0 Å². The van der Waals surface area contributed by atoms with E-state index in [1.807, 2.05) is 39.0 Å². The molecule has 1 rings (SSSR count). The highest BCUT2D eigenvalue weighted by molar-refractivity contribution is 5.97. The number of amides is 2. The zero-order valence-corrected chi connectivity index (χ0v) is 23.7. The molecule has 0 aromatic heterocycles. The molecule has 8 nitrogen and oxygen atoms in total. The summed E-state index contributed by atoms with van der Waals surface area (Å²) in [6.45, 7) is 11.2. The van der Waals surface area contributed by atoms with Crippen molar-refractivity contribution < 1.29 is 34.1 Å². The number of rotatable bonds is 16. The second kappa shape index (κ2) is 16.7. The normalized spacial score (nSPS) is 20.4. The van der Waals surface area contributed by atoms with Gasteiger partial charge in [0, 0.05) is 31.8 Å². The minimum Gasteiger partial charge on any atom is -0.457 e. The molecule has 2 amide bonds. The third kappa shape index (κ3) is 11.5. The third-order valence-electron chi connectivity index (χ3n) is 7.04. The summed E-state index contributed by atoms with van der Waals surface area (Å²) in [5, 5.41) is 24.2. The Bertz CT molecular complexity index is 775. The Morgan fingerprint density at radius 2 is 1.76 bits per heavy atom. The number of unbranched alkanes of at least 4 members (excludes halogenated alkanes) is 1. The molecule has 0 saturated carbocycles. The quantitative estimate of drug-likeness (QED) is 0.158. The lowest BCUT2D eigenvalue weighted by atomic mass is 9.86. The molecular weight excluding hydrogens is 474 g/mol. The van der Waals surface area contributed by atoms with Crippen LogP contribution in [0.2, 0.25) is 0 Å². The predicted octanol–water partition coefficient (Wildman–Crippen LogP) is 4.09. The number of carbonyl (C=O) groups is 3. The van der Waals surface area contributed by atoms with Crippen LogP contribution >= 0.6 is 0 Å². The van der Waals surface area contributed by atoms with E-state index in [0.29, 0.717) is 32.1 Å². The number of aliphatic hydroxyl groups is 2. The van der Waals surface area contributed by atoms with Crippen LogP contribution in [0, 0.1) is 23.7 Å². The Balaban J connectivity index is 2.91. The Morgan fingerprint density at radius 1 is 1.14 bits per heavy atom. The number of ether oxygens (including phenoxy) is 2. The summed E-state index contributed by atoms with van der Waals surface area (Å²) in [5.74, 6) is -1.84. The van der Waals surface area contributed by atoms with Crippen LogP contribution in [0.5, 0.6) is 0 Å². The van der Waals surface area contributed by atoms with Gasteiger partial charge < -0.3 is 19.7 Å². The topological polar surface area (TPSA) is 122 Å². The predicted molar refractivity (Wildman–Crippen MR) is 143 cm³/mol. The molecule has 1 aliphatic rings. The molecule has 3 N–H and O–H groups in total. The van der Waals surface area contributed by atoms with Gasteiger partial charge in [-0.15, -0.1) is 0 Å². The zero-order valence-electron chi connectivity index (χ0n) is 23.7. The molecule has 0 aromatic rings. The second-order valence-electron chi connectivity index (χ2n) is 10.8. The first kappa shape index (κ1) is 33.0. The van der Waals surface area contributed by atoms with Crippen LogP contribution in [0.25, 0.3) is 0 Å². The van der Waals surface area contributed by atoms with Crippen molar-refractivity contribution >= 4 is 17.8 Å². The van der Waals surface area contributed by atoms with E-state index in [9.17, 15) is 24.6 Å². The minimum atomic E-state index is -0.787. The lowest BCUT2D eigenvalue weighted by Crippen LogP contribution is -2.38. The molecule has 1 heterocycles. The van der Waals surface area contributed by atoms with Crippen molar-refractivity contribution in [3.05, 3.63) is 23.8 Å². The first-order valence-corrected chi connectivity index (χ1v) is 13.7. The van der Waals surface area contributed by atoms with Gasteiger partial charge in [0.15, 0.2) is 0 Å². The molecule has 1 fully saturated rings. The van der Waals surface area contributed by atoms with Gasteiger partial charge in [-0.2, -0.15) is 0 Å². The Morgan fingerprint density at radius 3 is 2.30 bits per heavy atom. The largest absolute Gasteiger partial charge is 0.457 e. The molecule has 6 atom stereocenters. The number of allylic oxidation sites excluding steroid dienone is 1. The average Bonchev–Trinajstić information content (AvgIpc) is 2.83. The summed E-state index contributed by atoms with van der Waals surface area (Å²) in [6, 6.07) is 0. The summed E-state index contributed by atoms with van der Waals surface area (Å²) in [7, 11) is 1.56. The first-order valence-electron chi connectivity index (χ1n) is 13.7. The molecule has 212 valence electrons. The number of hydrogen-bond acceptors (Lipinski definition) is 7. The SMILES string of the molecule is CCC/C=C/C(OC)[C@@H](O)C(C)/C=C(/C)[C@H](OC(=O)C(C)C)C(C)C(O)CCCC1CC(=O)NC(=O)C1. The summed E-state index contributed by atoms with van der Waals surface area (Å²) < 4.78 is 11.3. The number of carbonyl (C=O) groups excluding carboxylic acids is 3. The molecule has 0 bridgehead atoms. The van der Waals surface area contributed by atoms with E-state index in [2.05, 4.69) is 12.2 Å². The van der Waals surface area contributed by atoms with Crippen molar-refractivity contribution in [1.82, 2.24) is 5.32 Å². The maximum absolute atomic E-state index is 12.5. The number of nitrogens with one attached hydrogen (secondary N) is 1. The van der Waals surface area contributed by atoms with E-state index in [1.54, 1.807) is 21.0 Å². The van der Waals surface area contributed by atoms with Crippen LogP contribution in [0.4, 0.5) is 0 Å².